The maximum absolute atomic E-state index is 12.6. The molecule has 2 amide bonds. The standard InChI is InChI=1S/C17H23N3O4S.ClH/c1-25-9-4-13(18)17(22)20-7-5-19(6-8-20)16(21)12-2-3-14-15(10-12)24-11-23-14;/h2-3,10,13H,4-9,11,18H2,1H3;1H/t13-;/m0./s1. The lowest BCUT2D eigenvalue weighted by Crippen LogP contribution is -2.54. The number of ether oxygens (including phenoxy) is 2. The third-order valence-corrected chi connectivity index (χ3v) is 5.09. The number of rotatable bonds is 5. The molecule has 144 valence electrons. The van der Waals surface area contributed by atoms with Crippen LogP contribution in [-0.2, 0) is 4.79 Å². The maximum atomic E-state index is 12.6. The van der Waals surface area contributed by atoms with E-state index >= 15 is 0 Å². The Kier molecular flexibility index (Phi) is 7.43. The van der Waals surface area contributed by atoms with E-state index in [0.29, 0.717) is 49.7 Å². The molecule has 7 nitrogen and oxygen atoms in total. The van der Waals surface area contributed by atoms with Crippen molar-refractivity contribution in [2.75, 3.05) is 45.0 Å². The van der Waals surface area contributed by atoms with Gasteiger partial charge in [0.1, 0.15) is 0 Å². The normalized spacial score (nSPS) is 16.8. The van der Waals surface area contributed by atoms with E-state index in [2.05, 4.69) is 0 Å². The van der Waals surface area contributed by atoms with Gasteiger partial charge in [0.15, 0.2) is 11.5 Å². The van der Waals surface area contributed by atoms with E-state index in [0.717, 1.165) is 5.75 Å². The molecule has 9 heteroatoms. The Morgan fingerprint density at radius 1 is 1.15 bits per heavy atom. The van der Waals surface area contributed by atoms with E-state index in [-0.39, 0.29) is 31.0 Å². The number of halogens is 1. The minimum Gasteiger partial charge on any atom is -0.454 e. The minimum atomic E-state index is -0.455. The summed E-state index contributed by atoms with van der Waals surface area (Å²) in [5.74, 6) is 2.04. The van der Waals surface area contributed by atoms with Gasteiger partial charge in [0.05, 0.1) is 6.04 Å². The van der Waals surface area contributed by atoms with E-state index < -0.39 is 6.04 Å². The molecule has 0 aromatic heterocycles. The molecule has 26 heavy (non-hydrogen) atoms. The average molecular weight is 402 g/mol. The summed E-state index contributed by atoms with van der Waals surface area (Å²) in [6.45, 7) is 2.23. The minimum absolute atomic E-state index is 0. The van der Waals surface area contributed by atoms with Gasteiger partial charge in [-0.05, 0) is 36.6 Å². The first-order valence-electron chi connectivity index (χ1n) is 8.32. The number of nitrogens with two attached hydrogens (primary N) is 1. The fourth-order valence-corrected chi connectivity index (χ4v) is 3.43. The monoisotopic (exact) mass is 401 g/mol. The first kappa shape index (κ1) is 20.7. The third-order valence-electron chi connectivity index (χ3n) is 4.45. The molecule has 0 saturated carbocycles. The number of nitrogens with zero attached hydrogens (tertiary/aromatic N) is 2. The van der Waals surface area contributed by atoms with Crippen molar-refractivity contribution in [3.8, 4) is 11.5 Å². The van der Waals surface area contributed by atoms with Crippen molar-refractivity contribution in [2.24, 2.45) is 5.73 Å². The Labute approximate surface area is 163 Å². The van der Waals surface area contributed by atoms with Crippen molar-refractivity contribution < 1.29 is 19.1 Å². The fraction of sp³-hybridized carbons (Fsp3) is 0.529. The maximum Gasteiger partial charge on any atom is 0.254 e. The number of benzene rings is 1. The van der Waals surface area contributed by atoms with Crippen molar-refractivity contribution >= 4 is 36.0 Å². The second-order valence-electron chi connectivity index (χ2n) is 6.07. The van der Waals surface area contributed by atoms with Gasteiger partial charge in [0.2, 0.25) is 12.7 Å². The lowest BCUT2D eigenvalue weighted by atomic mass is 10.1. The van der Waals surface area contributed by atoms with Crippen LogP contribution in [0.3, 0.4) is 0 Å². The van der Waals surface area contributed by atoms with Crippen molar-refractivity contribution in [3.63, 3.8) is 0 Å². The van der Waals surface area contributed by atoms with E-state index in [1.807, 2.05) is 6.26 Å². The summed E-state index contributed by atoms with van der Waals surface area (Å²) >= 11 is 1.68. The molecule has 1 aromatic rings. The lowest BCUT2D eigenvalue weighted by molar-refractivity contribution is -0.134. The van der Waals surface area contributed by atoms with Crippen LogP contribution in [0.2, 0.25) is 0 Å². The zero-order chi connectivity index (χ0) is 17.8. The number of hydrogen-bond donors (Lipinski definition) is 1. The van der Waals surface area contributed by atoms with Crippen molar-refractivity contribution in [2.45, 2.75) is 12.5 Å². The van der Waals surface area contributed by atoms with E-state index in [9.17, 15) is 9.59 Å². The highest BCUT2D eigenvalue weighted by Crippen LogP contribution is 2.32. The molecule has 1 saturated heterocycles. The van der Waals surface area contributed by atoms with Crippen LogP contribution in [0, 0.1) is 0 Å². The first-order chi connectivity index (χ1) is 12.1. The molecule has 1 fully saturated rings. The van der Waals surface area contributed by atoms with Crippen molar-refractivity contribution in [1.29, 1.82) is 0 Å². The highest BCUT2D eigenvalue weighted by molar-refractivity contribution is 7.98. The summed E-state index contributed by atoms with van der Waals surface area (Å²) in [5, 5.41) is 0. The van der Waals surface area contributed by atoms with Gasteiger partial charge >= 0.3 is 0 Å². The Balaban J connectivity index is 0.00000243. The predicted molar refractivity (Wildman–Crippen MR) is 103 cm³/mol. The molecular formula is C17H24ClN3O4S. The number of thioether (sulfide) groups is 1. The van der Waals surface area contributed by atoms with E-state index in [1.54, 1.807) is 39.8 Å². The molecule has 3 rings (SSSR count). The first-order valence-corrected chi connectivity index (χ1v) is 9.72. The summed E-state index contributed by atoms with van der Waals surface area (Å²) in [6.07, 6.45) is 2.67. The van der Waals surface area contributed by atoms with Crippen molar-refractivity contribution in [3.05, 3.63) is 23.8 Å². The summed E-state index contributed by atoms with van der Waals surface area (Å²) in [6, 6.07) is 4.75. The number of fused-ring (bicyclic) bond motifs is 1. The number of hydrogen-bond acceptors (Lipinski definition) is 6. The van der Waals surface area contributed by atoms with Gasteiger partial charge in [-0.1, -0.05) is 0 Å². The molecular weight excluding hydrogens is 378 g/mol. The SMILES string of the molecule is CSCC[C@H](N)C(=O)N1CCN(C(=O)c2ccc3c(c2)OCO3)CC1.Cl. The topological polar surface area (TPSA) is 85.1 Å². The second-order valence-corrected chi connectivity index (χ2v) is 7.06. The number of carbonyl (C=O) groups excluding carboxylic acids is 2. The smallest absolute Gasteiger partial charge is 0.254 e. The number of amides is 2. The highest BCUT2D eigenvalue weighted by atomic mass is 35.5. The summed E-state index contributed by atoms with van der Waals surface area (Å²) in [5.41, 5.74) is 6.53. The van der Waals surface area contributed by atoms with Crippen molar-refractivity contribution in [1.82, 2.24) is 9.80 Å². The van der Waals surface area contributed by atoms with Gasteiger partial charge in [-0.2, -0.15) is 11.8 Å². The van der Waals surface area contributed by atoms with Crippen LogP contribution in [0.4, 0.5) is 0 Å². The van der Waals surface area contributed by atoms with E-state index in [4.69, 9.17) is 15.2 Å². The van der Waals surface area contributed by atoms with Gasteiger partial charge in [-0.15, -0.1) is 12.4 Å². The molecule has 0 unspecified atom stereocenters. The molecule has 1 aromatic carbocycles. The Hall–Kier alpha value is -1.64. The molecule has 1 atom stereocenters. The number of carbonyl (C=O) groups is 2. The quantitative estimate of drug-likeness (QED) is 0.798. The molecule has 0 aliphatic carbocycles. The summed E-state index contributed by atoms with van der Waals surface area (Å²) in [7, 11) is 0. The molecule has 2 N–H and O–H groups in total. The second kappa shape index (κ2) is 9.34. The summed E-state index contributed by atoms with van der Waals surface area (Å²) < 4.78 is 10.6. The lowest BCUT2D eigenvalue weighted by Gasteiger charge is -2.36. The Morgan fingerprint density at radius 3 is 2.50 bits per heavy atom. The van der Waals surface area contributed by atoms with Crippen LogP contribution in [0.1, 0.15) is 16.8 Å². The van der Waals surface area contributed by atoms with Gasteiger partial charge < -0.3 is 25.0 Å². The zero-order valence-electron chi connectivity index (χ0n) is 14.7. The van der Waals surface area contributed by atoms with Crippen LogP contribution in [0.25, 0.3) is 0 Å². The molecule has 0 spiro atoms. The molecule has 0 bridgehead atoms. The van der Waals surface area contributed by atoms with Crippen LogP contribution >= 0.6 is 24.2 Å². The van der Waals surface area contributed by atoms with Crippen LogP contribution in [-0.4, -0.2) is 72.6 Å². The number of piperazine rings is 1. The largest absolute Gasteiger partial charge is 0.454 e. The summed E-state index contributed by atoms with van der Waals surface area (Å²) in [4.78, 5) is 28.5. The van der Waals surface area contributed by atoms with Gasteiger partial charge in [-0.3, -0.25) is 9.59 Å². The fourth-order valence-electron chi connectivity index (χ4n) is 2.94. The molecule has 0 radical (unpaired) electrons. The van der Waals surface area contributed by atoms with Gasteiger partial charge in [-0.25, -0.2) is 0 Å². The highest BCUT2D eigenvalue weighted by Gasteiger charge is 2.28. The average Bonchev–Trinajstić information content (AvgIpc) is 3.12. The molecule has 2 aliphatic rings. The zero-order valence-corrected chi connectivity index (χ0v) is 16.3. The van der Waals surface area contributed by atoms with Gasteiger partial charge in [0, 0.05) is 31.7 Å². The van der Waals surface area contributed by atoms with Crippen LogP contribution in [0.5, 0.6) is 11.5 Å². The predicted octanol–water partition coefficient (Wildman–Crippen LogP) is 1.20. The molecule has 2 aliphatic heterocycles. The van der Waals surface area contributed by atoms with Crippen LogP contribution in [0.15, 0.2) is 18.2 Å². The Morgan fingerprint density at radius 2 is 1.81 bits per heavy atom. The van der Waals surface area contributed by atoms with Gasteiger partial charge in [0.25, 0.3) is 5.91 Å². The van der Waals surface area contributed by atoms with E-state index in [1.165, 1.54) is 0 Å². The van der Waals surface area contributed by atoms with Crippen LogP contribution < -0.4 is 15.2 Å². The molecule has 2 heterocycles. The Bertz CT molecular complexity index is 653. The third kappa shape index (κ3) is 4.55.